The van der Waals surface area contributed by atoms with Crippen LogP contribution in [0.15, 0.2) is 24.4 Å². The fraction of sp³-hybridized carbons (Fsp3) is 0.231. The smallest absolute Gasteiger partial charge is 0.150 e. The molecule has 0 saturated carbocycles. The summed E-state index contributed by atoms with van der Waals surface area (Å²) in [6.45, 7) is 4.06. The Morgan fingerprint density at radius 3 is 2.56 bits per heavy atom. The fourth-order valence-corrected chi connectivity index (χ4v) is 1.77. The van der Waals surface area contributed by atoms with E-state index < -0.39 is 0 Å². The molecule has 0 bridgehead atoms. The van der Waals surface area contributed by atoms with Gasteiger partial charge >= 0.3 is 0 Å². The minimum atomic E-state index is 0.698. The molecule has 1 aromatic heterocycles. The van der Waals surface area contributed by atoms with Crippen LogP contribution in [0.1, 0.15) is 21.6 Å². The van der Waals surface area contributed by atoms with Crippen molar-refractivity contribution < 1.29 is 4.79 Å². The summed E-state index contributed by atoms with van der Waals surface area (Å²) in [4.78, 5) is 10.8. The number of nitrogens with zero attached hydrogens (tertiary/aromatic N) is 2. The van der Waals surface area contributed by atoms with Gasteiger partial charge in [-0.3, -0.25) is 9.48 Å². The Bertz CT molecular complexity index is 541. The van der Waals surface area contributed by atoms with Crippen LogP contribution in [-0.4, -0.2) is 16.1 Å². The van der Waals surface area contributed by atoms with Crippen LogP contribution in [0.5, 0.6) is 0 Å². The molecule has 0 fully saturated rings. The van der Waals surface area contributed by atoms with Gasteiger partial charge in [0.25, 0.3) is 0 Å². The third kappa shape index (κ3) is 1.65. The van der Waals surface area contributed by atoms with Crippen molar-refractivity contribution in [2.45, 2.75) is 13.8 Å². The predicted octanol–water partition coefficient (Wildman–Crippen LogP) is 2.52. The standard InChI is InChI=1S/C13H14N2O/c1-9-4-5-11(8-16)6-12(9)13-7-14-15(3)10(13)2/h4-8H,1-3H3. The van der Waals surface area contributed by atoms with E-state index >= 15 is 0 Å². The third-order valence-corrected chi connectivity index (χ3v) is 2.92. The first kappa shape index (κ1) is 10.6. The predicted molar refractivity (Wildman–Crippen MR) is 63.5 cm³/mol. The van der Waals surface area contributed by atoms with Crippen LogP contribution in [0, 0.1) is 13.8 Å². The van der Waals surface area contributed by atoms with Crippen LogP contribution < -0.4 is 0 Å². The normalized spacial score (nSPS) is 10.4. The summed E-state index contributed by atoms with van der Waals surface area (Å²) in [5.74, 6) is 0. The summed E-state index contributed by atoms with van der Waals surface area (Å²) >= 11 is 0. The number of benzene rings is 1. The van der Waals surface area contributed by atoms with Gasteiger partial charge in [0.05, 0.1) is 6.20 Å². The molecule has 2 rings (SSSR count). The highest BCUT2D eigenvalue weighted by atomic mass is 16.1. The Balaban J connectivity index is 2.63. The van der Waals surface area contributed by atoms with E-state index in [4.69, 9.17) is 0 Å². The maximum Gasteiger partial charge on any atom is 0.150 e. The molecule has 1 heterocycles. The van der Waals surface area contributed by atoms with Crippen molar-refractivity contribution in [3.05, 3.63) is 41.2 Å². The summed E-state index contributed by atoms with van der Waals surface area (Å²) in [5, 5.41) is 4.22. The van der Waals surface area contributed by atoms with Crippen LogP contribution in [0.25, 0.3) is 11.1 Å². The highest BCUT2D eigenvalue weighted by Gasteiger charge is 2.09. The lowest BCUT2D eigenvalue weighted by atomic mass is 9.99. The first-order valence-electron chi connectivity index (χ1n) is 5.18. The maximum atomic E-state index is 10.8. The minimum Gasteiger partial charge on any atom is -0.298 e. The largest absolute Gasteiger partial charge is 0.298 e. The Hall–Kier alpha value is -1.90. The van der Waals surface area contributed by atoms with E-state index in [-0.39, 0.29) is 0 Å². The summed E-state index contributed by atoms with van der Waals surface area (Å²) < 4.78 is 1.84. The Morgan fingerprint density at radius 2 is 2.00 bits per heavy atom. The molecule has 3 heteroatoms. The van der Waals surface area contributed by atoms with Crippen LogP contribution in [0.2, 0.25) is 0 Å². The lowest BCUT2D eigenvalue weighted by Crippen LogP contribution is -1.93. The van der Waals surface area contributed by atoms with E-state index in [1.807, 2.05) is 50.0 Å². The molecular weight excluding hydrogens is 200 g/mol. The molecule has 82 valence electrons. The minimum absolute atomic E-state index is 0.698. The number of rotatable bonds is 2. The average molecular weight is 214 g/mol. The molecular formula is C13H14N2O. The van der Waals surface area contributed by atoms with Gasteiger partial charge in [-0.05, 0) is 31.0 Å². The summed E-state index contributed by atoms with van der Waals surface area (Å²) in [6, 6.07) is 5.70. The Labute approximate surface area is 94.7 Å². The molecule has 0 unspecified atom stereocenters. The molecule has 0 saturated heterocycles. The fourth-order valence-electron chi connectivity index (χ4n) is 1.77. The first-order valence-corrected chi connectivity index (χ1v) is 5.18. The Morgan fingerprint density at radius 1 is 1.25 bits per heavy atom. The zero-order chi connectivity index (χ0) is 11.7. The molecule has 0 aliphatic heterocycles. The van der Waals surface area contributed by atoms with Crippen molar-refractivity contribution in [2.75, 3.05) is 0 Å². The summed E-state index contributed by atoms with van der Waals surface area (Å²) in [5.41, 5.74) is 5.12. The molecule has 0 aliphatic rings. The van der Waals surface area contributed by atoms with E-state index in [2.05, 4.69) is 5.10 Å². The molecule has 16 heavy (non-hydrogen) atoms. The number of carbonyl (C=O) groups is 1. The van der Waals surface area contributed by atoms with Crippen molar-refractivity contribution in [1.29, 1.82) is 0 Å². The van der Waals surface area contributed by atoms with Crippen molar-refractivity contribution in [2.24, 2.45) is 7.05 Å². The molecule has 0 spiro atoms. The second kappa shape index (κ2) is 3.93. The number of aldehydes is 1. The van der Waals surface area contributed by atoms with Gasteiger partial charge in [-0.25, -0.2) is 0 Å². The van der Waals surface area contributed by atoms with Crippen LogP contribution >= 0.6 is 0 Å². The Kier molecular flexibility index (Phi) is 2.60. The monoisotopic (exact) mass is 214 g/mol. The van der Waals surface area contributed by atoms with Gasteiger partial charge in [0.15, 0.2) is 0 Å². The average Bonchev–Trinajstić information content (AvgIpc) is 2.61. The molecule has 0 amide bonds. The highest BCUT2D eigenvalue weighted by molar-refractivity contribution is 5.80. The summed E-state index contributed by atoms with van der Waals surface area (Å²) in [7, 11) is 1.91. The second-order valence-electron chi connectivity index (χ2n) is 3.96. The van der Waals surface area contributed by atoms with Crippen LogP contribution in [0.3, 0.4) is 0 Å². The van der Waals surface area contributed by atoms with Crippen molar-refractivity contribution in [3.63, 3.8) is 0 Å². The molecule has 1 aromatic carbocycles. The van der Waals surface area contributed by atoms with E-state index in [0.717, 1.165) is 28.7 Å². The number of aryl methyl sites for hydroxylation is 2. The topological polar surface area (TPSA) is 34.9 Å². The number of hydrogen-bond acceptors (Lipinski definition) is 2. The van der Waals surface area contributed by atoms with Gasteiger partial charge in [-0.2, -0.15) is 5.10 Å². The van der Waals surface area contributed by atoms with Crippen LogP contribution in [0.4, 0.5) is 0 Å². The highest BCUT2D eigenvalue weighted by Crippen LogP contribution is 2.26. The quantitative estimate of drug-likeness (QED) is 0.720. The van der Waals surface area contributed by atoms with Gasteiger partial charge < -0.3 is 0 Å². The number of carbonyl (C=O) groups excluding carboxylic acids is 1. The molecule has 0 N–H and O–H groups in total. The molecule has 2 aromatic rings. The van der Waals surface area contributed by atoms with Gasteiger partial charge in [0, 0.05) is 23.9 Å². The molecule has 0 aliphatic carbocycles. The van der Waals surface area contributed by atoms with Gasteiger partial charge in [0.1, 0.15) is 6.29 Å². The lowest BCUT2D eigenvalue weighted by molar-refractivity contribution is 0.112. The van der Waals surface area contributed by atoms with Gasteiger partial charge in [-0.15, -0.1) is 0 Å². The van der Waals surface area contributed by atoms with E-state index in [1.165, 1.54) is 0 Å². The number of hydrogen-bond donors (Lipinski definition) is 0. The van der Waals surface area contributed by atoms with Crippen molar-refractivity contribution in [3.8, 4) is 11.1 Å². The second-order valence-corrected chi connectivity index (χ2v) is 3.96. The first-order chi connectivity index (χ1) is 7.63. The van der Waals surface area contributed by atoms with Crippen molar-refractivity contribution in [1.82, 2.24) is 9.78 Å². The lowest BCUT2D eigenvalue weighted by Gasteiger charge is -2.06. The number of aromatic nitrogens is 2. The van der Waals surface area contributed by atoms with Crippen molar-refractivity contribution >= 4 is 6.29 Å². The zero-order valence-corrected chi connectivity index (χ0v) is 9.69. The SMILES string of the molecule is Cc1ccc(C=O)cc1-c1cnn(C)c1C. The van der Waals surface area contributed by atoms with E-state index in [1.54, 1.807) is 0 Å². The summed E-state index contributed by atoms with van der Waals surface area (Å²) in [6.07, 6.45) is 2.71. The van der Waals surface area contributed by atoms with E-state index in [9.17, 15) is 4.79 Å². The maximum absolute atomic E-state index is 10.8. The van der Waals surface area contributed by atoms with Crippen LogP contribution in [-0.2, 0) is 7.05 Å². The van der Waals surface area contributed by atoms with Gasteiger partial charge in [-0.1, -0.05) is 12.1 Å². The third-order valence-electron chi connectivity index (χ3n) is 2.92. The molecule has 3 nitrogen and oxygen atoms in total. The zero-order valence-electron chi connectivity index (χ0n) is 9.69. The van der Waals surface area contributed by atoms with E-state index in [0.29, 0.717) is 5.56 Å². The molecule has 0 atom stereocenters. The van der Waals surface area contributed by atoms with Gasteiger partial charge in [0.2, 0.25) is 0 Å². The molecule has 0 radical (unpaired) electrons.